The average molecular weight is 357 g/mol. The van der Waals surface area contributed by atoms with Crippen LogP contribution in [-0.2, 0) is 4.79 Å². The van der Waals surface area contributed by atoms with Crippen molar-refractivity contribution in [1.29, 1.82) is 0 Å². The summed E-state index contributed by atoms with van der Waals surface area (Å²) in [6.45, 7) is 3.04. The number of quaternary nitrogens is 1. The summed E-state index contributed by atoms with van der Waals surface area (Å²) in [6.07, 6.45) is 7.92. The Morgan fingerprint density at radius 1 is 1.17 bits per heavy atom. The van der Waals surface area contributed by atoms with Crippen molar-refractivity contribution in [2.45, 2.75) is 32.6 Å². The molecule has 0 saturated carbocycles. The van der Waals surface area contributed by atoms with E-state index in [4.69, 9.17) is 23.2 Å². The highest BCUT2D eigenvalue weighted by atomic mass is 35.5. The van der Waals surface area contributed by atoms with E-state index in [2.05, 4.69) is 28.1 Å². The van der Waals surface area contributed by atoms with Gasteiger partial charge in [0.2, 0.25) is 0 Å². The lowest BCUT2D eigenvalue weighted by atomic mass is 9.95. The molecule has 0 N–H and O–H groups in total. The van der Waals surface area contributed by atoms with Gasteiger partial charge in [0.05, 0.1) is 43.7 Å². The summed E-state index contributed by atoms with van der Waals surface area (Å²) >= 11 is 11.9. The Bertz CT molecular complexity index is 547. The molecule has 0 radical (unpaired) electrons. The molecule has 1 aromatic rings. The van der Waals surface area contributed by atoms with Crippen molar-refractivity contribution in [1.82, 2.24) is 0 Å². The van der Waals surface area contributed by atoms with E-state index in [0.717, 1.165) is 29.4 Å². The summed E-state index contributed by atoms with van der Waals surface area (Å²) in [5.41, 5.74) is 0.894. The van der Waals surface area contributed by atoms with Gasteiger partial charge < -0.3 is 4.48 Å². The van der Waals surface area contributed by atoms with Crippen molar-refractivity contribution in [2.24, 2.45) is 5.92 Å². The summed E-state index contributed by atoms with van der Waals surface area (Å²) in [4.78, 5) is 12.6. The fourth-order valence-corrected chi connectivity index (χ4v) is 2.86. The first kappa shape index (κ1) is 20.2. The smallest absolute Gasteiger partial charge is 0.164 e. The van der Waals surface area contributed by atoms with Gasteiger partial charge >= 0.3 is 0 Å². The third kappa shape index (κ3) is 8.01. The number of carbonyl (C=O) groups is 1. The Morgan fingerprint density at radius 3 is 2.43 bits per heavy atom. The van der Waals surface area contributed by atoms with E-state index in [1.54, 1.807) is 18.2 Å². The molecular formula is C19H28Cl2NO+. The van der Waals surface area contributed by atoms with Crippen LogP contribution in [0.5, 0.6) is 0 Å². The van der Waals surface area contributed by atoms with Gasteiger partial charge in [0.1, 0.15) is 0 Å². The largest absolute Gasteiger partial charge is 0.330 e. The number of rotatable bonds is 9. The molecule has 0 aliphatic rings. The molecule has 0 aromatic heterocycles. The van der Waals surface area contributed by atoms with Gasteiger partial charge in [-0.1, -0.05) is 61.5 Å². The first-order valence-electron chi connectivity index (χ1n) is 8.20. The summed E-state index contributed by atoms with van der Waals surface area (Å²) in [7, 11) is 6.38. The Kier molecular flexibility index (Phi) is 8.32. The van der Waals surface area contributed by atoms with Gasteiger partial charge in [-0.3, -0.25) is 4.79 Å². The zero-order valence-corrected chi connectivity index (χ0v) is 16.1. The van der Waals surface area contributed by atoms with Crippen molar-refractivity contribution in [3.63, 3.8) is 0 Å². The molecule has 2 nitrogen and oxygen atoms in total. The van der Waals surface area contributed by atoms with E-state index in [1.807, 2.05) is 12.1 Å². The van der Waals surface area contributed by atoms with Crippen molar-refractivity contribution in [3.8, 4) is 0 Å². The minimum atomic E-state index is 0.0700. The molecule has 0 bridgehead atoms. The van der Waals surface area contributed by atoms with Crippen LogP contribution >= 0.6 is 23.2 Å². The van der Waals surface area contributed by atoms with Crippen LogP contribution in [-0.4, -0.2) is 38.0 Å². The number of ketones is 1. The monoisotopic (exact) mass is 356 g/mol. The Morgan fingerprint density at radius 2 is 1.87 bits per heavy atom. The Hall–Kier alpha value is -0.830. The molecule has 0 amide bonds. The average Bonchev–Trinajstić information content (AvgIpc) is 2.46. The van der Waals surface area contributed by atoms with Crippen LogP contribution in [0, 0.1) is 5.92 Å². The lowest BCUT2D eigenvalue weighted by Crippen LogP contribution is -2.41. The predicted molar refractivity (Wildman–Crippen MR) is 101 cm³/mol. The summed E-state index contributed by atoms with van der Waals surface area (Å²) < 4.78 is 0.795. The number of halogens is 2. The molecule has 0 fully saturated rings. The zero-order valence-electron chi connectivity index (χ0n) is 14.6. The summed E-state index contributed by atoms with van der Waals surface area (Å²) in [6, 6.07) is 5.39. The van der Waals surface area contributed by atoms with Gasteiger partial charge in [-0.2, -0.15) is 0 Å². The van der Waals surface area contributed by atoms with Gasteiger partial charge in [-0.25, -0.2) is 0 Å². The molecule has 0 aliphatic carbocycles. The molecule has 0 unspecified atom stereocenters. The van der Waals surface area contributed by atoms with Crippen LogP contribution < -0.4 is 0 Å². The third-order valence-electron chi connectivity index (χ3n) is 3.71. The molecule has 0 spiro atoms. The van der Waals surface area contributed by atoms with Crippen LogP contribution in [0.1, 0.15) is 38.2 Å². The first-order chi connectivity index (χ1) is 10.7. The first-order valence-corrected chi connectivity index (χ1v) is 8.96. The van der Waals surface area contributed by atoms with Gasteiger partial charge in [0.25, 0.3) is 0 Å². The maximum atomic E-state index is 12.6. The summed E-state index contributed by atoms with van der Waals surface area (Å²) in [5.74, 6) is 0.265. The minimum Gasteiger partial charge on any atom is -0.330 e. The number of benzene rings is 1. The zero-order chi connectivity index (χ0) is 17.5. The van der Waals surface area contributed by atoms with Crippen LogP contribution in [0.3, 0.4) is 0 Å². The molecule has 23 heavy (non-hydrogen) atoms. The molecule has 1 rings (SSSR count). The number of hydrogen-bond donors (Lipinski definition) is 0. The van der Waals surface area contributed by atoms with Crippen LogP contribution in [0.25, 0.3) is 6.08 Å². The van der Waals surface area contributed by atoms with E-state index in [1.165, 1.54) is 12.8 Å². The number of carbonyl (C=O) groups excluding carboxylic acids is 1. The standard InChI is InChI=1S/C19H28Cl2NO/c1-5-6-7-8-16(14-22(2,3)4)19(23)12-10-15-9-11-17(20)18(21)13-15/h9-13,16H,5-8,14H2,1-4H3/q+1/b12-10+/t16-/m0/s1. The second-order valence-corrected chi connectivity index (χ2v) is 7.89. The van der Waals surface area contributed by atoms with Gasteiger partial charge in [0.15, 0.2) is 5.78 Å². The van der Waals surface area contributed by atoms with Crippen LogP contribution in [0.15, 0.2) is 24.3 Å². The number of hydrogen-bond acceptors (Lipinski definition) is 1. The molecule has 0 aliphatic heterocycles. The quantitative estimate of drug-likeness (QED) is 0.325. The predicted octanol–water partition coefficient (Wildman–Crippen LogP) is 5.48. The fraction of sp³-hybridized carbons (Fsp3) is 0.526. The minimum absolute atomic E-state index is 0.0700. The normalized spacial score (nSPS) is 13.5. The van der Waals surface area contributed by atoms with E-state index in [9.17, 15) is 4.79 Å². The molecule has 128 valence electrons. The van der Waals surface area contributed by atoms with Crippen molar-refractivity contribution < 1.29 is 9.28 Å². The topological polar surface area (TPSA) is 17.1 Å². The molecule has 4 heteroatoms. The summed E-state index contributed by atoms with van der Waals surface area (Å²) in [5, 5.41) is 1.03. The van der Waals surface area contributed by atoms with Crippen LogP contribution in [0.2, 0.25) is 10.0 Å². The molecule has 0 saturated heterocycles. The van der Waals surface area contributed by atoms with Gasteiger partial charge in [0, 0.05) is 0 Å². The van der Waals surface area contributed by atoms with Gasteiger partial charge in [-0.05, 0) is 30.2 Å². The Balaban J connectivity index is 2.77. The number of allylic oxidation sites excluding steroid dienone is 1. The number of nitrogens with zero attached hydrogens (tertiary/aromatic N) is 1. The highest BCUT2D eigenvalue weighted by Gasteiger charge is 2.23. The van der Waals surface area contributed by atoms with Crippen molar-refractivity contribution >= 4 is 35.1 Å². The lowest BCUT2D eigenvalue weighted by Gasteiger charge is -2.28. The lowest BCUT2D eigenvalue weighted by molar-refractivity contribution is -0.872. The van der Waals surface area contributed by atoms with Gasteiger partial charge in [-0.15, -0.1) is 0 Å². The van der Waals surface area contributed by atoms with Crippen LogP contribution in [0.4, 0.5) is 0 Å². The highest BCUT2D eigenvalue weighted by Crippen LogP contribution is 2.23. The van der Waals surface area contributed by atoms with E-state index >= 15 is 0 Å². The van der Waals surface area contributed by atoms with Crippen molar-refractivity contribution in [3.05, 3.63) is 39.9 Å². The second-order valence-electron chi connectivity index (χ2n) is 7.07. The molecular weight excluding hydrogens is 329 g/mol. The third-order valence-corrected chi connectivity index (χ3v) is 4.45. The molecule has 0 heterocycles. The maximum Gasteiger partial charge on any atom is 0.164 e. The van der Waals surface area contributed by atoms with Crippen molar-refractivity contribution in [2.75, 3.05) is 27.7 Å². The van der Waals surface area contributed by atoms with E-state index in [-0.39, 0.29) is 11.7 Å². The fourth-order valence-electron chi connectivity index (χ4n) is 2.56. The van der Waals surface area contributed by atoms with E-state index < -0.39 is 0 Å². The number of unbranched alkanes of at least 4 members (excludes halogenated alkanes) is 2. The Labute approximate surface area is 150 Å². The maximum absolute atomic E-state index is 12.6. The van der Waals surface area contributed by atoms with E-state index in [0.29, 0.717) is 10.0 Å². The molecule has 1 atom stereocenters. The highest BCUT2D eigenvalue weighted by molar-refractivity contribution is 6.42. The second kappa shape index (κ2) is 9.46. The molecule has 1 aromatic carbocycles. The SMILES string of the molecule is CCCCC[C@@H](C[N+](C)(C)C)C(=O)/C=C/c1ccc(Cl)c(Cl)c1.